The summed E-state index contributed by atoms with van der Waals surface area (Å²) in [5.74, 6) is 1.46. The van der Waals surface area contributed by atoms with Gasteiger partial charge in [-0.15, -0.1) is 0 Å². The summed E-state index contributed by atoms with van der Waals surface area (Å²) in [4.78, 5) is 31.1. The van der Waals surface area contributed by atoms with Crippen molar-refractivity contribution in [3.8, 4) is 0 Å². The number of aromatic nitrogens is 1. The van der Waals surface area contributed by atoms with Gasteiger partial charge in [-0.05, 0) is 55.9 Å². The molecular weight excluding hydrogens is 342 g/mol. The Morgan fingerprint density at radius 1 is 1.11 bits per heavy atom. The minimum atomic E-state index is -0.298. The molecule has 4 rings (SSSR count). The summed E-state index contributed by atoms with van der Waals surface area (Å²) in [7, 11) is 0. The van der Waals surface area contributed by atoms with Crippen molar-refractivity contribution in [1.82, 2.24) is 9.88 Å². The molecule has 0 unspecified atom stereocenters. The number of nitrogens with zero attached hydrogens (tertiary/aromatic N) is 2. The topological polar surface area (TPSA) is 75.4 Å². The van der Waals surface area contributed by atoms with Crippen LogP contribution in [0.25, 0.3) is 0 Å². The molecule has 1 aliphatic heterocycles. The van der Waals surface area contributed by atoms with Gasteiger partial charge < -0.3 is 14.6 Å². The molecule has 1 aromatic carbocycles. The Balaban J connectivity index is 1.36. The van der Waals surface area contributed by atoms with E-state index in [2.05, 4.69) is 17.2 Å². The smallest absolute Gasteiger partial charge is 0.277 e. The van der Waals surface area contributed by atoms with E-state index in [0.717, 1.165) is 38.8 Å². The van der Waals surface area contributed by atoms with Crippen molar-refractivity contribution in [2.45, 2.75) is 44.9 Å². The molecule has 142 valence electrons. The lowest BCUT2D eigenvalue weighted by molar-refractivity contribution is 0.0697. The van der Waals surface area contributed by atoms with Crippen molar-refractivity contribution < 1.29 is 14.0 Å². The Labute approximate surface area is 159 Å². The van der Waals surface area contributed by atoms with Crippen molar-refractivity contribution in [2.75, 3.05) is 18.4 Å². The molecule has 2 aliphatic rings. The van der Waals surface area contributed by atoms with Crippen molar-refractivity contribution in [3.63, 3.8) is 0 Å². The molecule has 1 N–H and O–H groups in total. The monoisotopic (exact) mass is 367 g/mol. The molecule has 0 bridgehead atoms. The predicted octanol–water partition coefficient (Wildman–Crippen LogP) is 4.07. The van der Waals surface area contributed by atoms with E-state index in [1.165, 1.54) is 12.7 Å². The quantitative estimate of drug-likeness (QED) is 0.884. The van der Waals surface area contributed by atoms with Crippen LogP contribution in [0.5, 0.6) is 0 Å². The molecule has 1 saturated heterocycles. The number of amides is 2. The number of likely N-dealkylation sites (tertiary alicyclic amines) is 1. The van der Waals surface area contributed by atoms with E-state index in [9.17, 15) is 9.59 Å². The third kappa shape index (κ3) is 3.89. The Morgan fingerprint density at radius 3 is 2.44 bits per heavy atom. The third-order valence-electron chi connectivity index (χ3n) is 5.67. The molecule has 2 heterocycles. The largest absolute Gasteiger partial charge is 0.448 e. The van der Waals surface area contributed by atoms with Crippen LogP contribution in [0.4, 0.5) is 5.69 Å². The van der Waals surface area contributed by atoms with Crippen molar-refractivity contribution in [2.24, 2.45) is 5.92 Å². The number of oxazole rings is 1. The number of carbonyl (C=O) groups is 2. The highest BCUT2D eigenvalue weighted by molar-refractivity contribution is 6.03. The van der Waals surface area contributed by atoms with Crippen molar-refractivity contribution in [3.05, 3.63) is 47.7 Å². The standard InChI is InChI=1S/C21H25N3O3/c1-14-9-11-24(12-10-14)21(26)16-5-7-17(8-6-16)22-19(25)18-13-27-20(23-18)15-3-2-4-15/h5-8,13-15H,2-4,9-12H2,1H3,(H,22,25). The van der Waals surface area contributed by atoms with Crippen molar-refractivity contribution >= 4 is 17.5 Å². The normalized spacial score (nSPS) is 18.2. The van der Waals surface area contributed by atoms with Gasteiger partial charge in [0.2, 0.25) is 0 Å². The Bertz CT molecular complexity index is 815. The number of hydrogen-bond donors (Lipinski definition) is 1. The Morgan fingerprint density at radius 2 is 1.81 bits per heavy atom. The zero-order valence-corrected chi connectivity index (χ0v) is 15.6. The number of benzene rings is 1. The van der Waals surface area contributed by atoms with Crippen LogP contribution in [0.1, 0.15) is 71.7 Å². The second-order valence-electron chi connectivity index (χ2n) is 7.71. The van der Waals surface area contributed by atoms with Crippen LogP contribution in [0.2, 0.25) is 0 Å². The molecular formula is C21H25N3O3. The molecule has 6 nitrogen and oxygen atoms in total. The highest BCUT2D eigenvalue weighted by Gasteiger charge is 2.25. The Kier molecular flexibility index (Phi) is 4.97. The molecule has 2 amide bonds. The molecule has 1 saturated carbocycles. The van der Waals surface area contributed by atoms with Gasteiger partial charge in [0, 0.05) is 30.3 Å². The lowest BCUT2D eigenvalue weighted by Gasteiger charge is -2.30. The second kappa shape index (κ2) is 7.55. The lowest BCUT2D eigenvalue weighted by atomic mass is 9.85. The van der Waals surface area contributed by atoms with E-state index < -0.39 is 0 Å². The number of anilines is 1. The maximum Gasteiger partial charge on any atom is 0.277 e. The highest BCUT2D eigenvalue weighted by atomic mass is 16.3. The van der Waals surface area contributed by atoms with Crippen LogP contribution in [0.15, 0.2) is 34.9 Å². The molecule has 6 heteroatoms. The summed E-state index contributed by atoms with van der Waals surface area (Å²) in [6.07, 6.45) is 6.87. The van der Waals surface area contributed by atoms with Gasteiger partial charge in [-0.25, -0.2) is 4.98 Å². The lowest BCUT2D eigenvalue weighted by Crippen LogP contribution is -2.37. The van der Waals surface area contributed by atoms with Crippen LogP contribution in [0, 0.1) is 5.92 Å². The van der Waals surface area contributed by atoms with Gasteiger partial charge in [0.1, 0.15) is 6.26 Å². The summed E-state index contributed by atoms with van der Waals surface area (Å²) in [5, 5.41) is 2.81. The first-order chi connectivity index (χ1) is 13.1. The van der Waals surface area contributed by atoms with Gasteiger partial charge >= 0.3 is 0 Å². The van der Waals surface area contributed by atoms with Crippen molar-refractivity contribution in [1.29, 1.82) is 0 Å². The maximum absolute atomic E-state index is 12.6. The van der Waals surface area contributed by atoms with Crippen LogP contribution in [-0.4, -0.2) is 34.8 Å². The minimum Gasteiger partial charge on any atom is -0.448 e. The zero-order chi connectivity index (χ0) is 18.8. The summed E-state index contributed by atoms with van der Waals surface area (Å²) in [6.45, 7) is 3.85. The van der Waals surface area contributed by atoms with Gasteiger partial charge in [0.25, 0.3) is 11.8 Å². The summed E-state index contributed by atoms with van der Waals surface area (Å²) < 4.78 is 5.43. The number of nitrogens with one attached hydrogen (secondary N) is 1. The Hall–Kier alpha value is -2.63. The van der Waals surface area contributed by atoms with E-state index in [-0.39, 0.29) is 11.8 Å². The van der Waals surface area contributed by atoms with E-state index in [4.69, 9.17) is 4.42 Å². The molecule has 2 aromatic rings. The molecule has 2 fully saturated rings. The molecule has 1 aromatic heterocycles. The van der Waals surface area contributed by atoms with Crippen LogP contribution >= 0.6 is 0 Å². The summed E-state index contributed by atoms with van der Waals surface area (Å²) in [6, 6.07) is 7.03. The second-order valence-corrected chi connectivity index (χ2v) is 7.71. The summed E-state index contributed by atoms with van der Waals surface area (Å²) >= 11 is 0. The fourth-order valence-electron chi connectivity index (χ4n) is 3.52. The average molecular weight is 367 g/mol. The maximum atomic E-state index is 12.6. The van der Waals surface area contributed by atoms with Crippen LogP contribution in [-0.2, 0) is 0 Å². The third-order valence-corrected chi connectivity index (χ3v) is 5.67. The van der Waals surface area contributed by atoms with Crippen LogP contribution < -0.4 is 5.32 Å². The van der Waals surface area contributed by atoms with E-state index in [0.29, 0.717) is 34.7 Å². The van der Waals surface area contributed by atoms with Gasteiger partial charge in [0.15, 0.2) is 11.6 Å². The summed E-state index contributed by atoms with van der Waals surface area (Å²) in [5.41, 5.74) is 1.58. The number of carbonyl (C=O) groups excluding carboxylic acids is 2. The van der Waals surface area contributed by atoms with E-state index in [1.54, 1.807) is 24.3 Å². The molecule has 27 heavy (non-hydrogen) atoms. The minimum absolute atomic E-state index is 0.0569. The fourth-order valence-corrected chi connectivity index (χ4v) is 3.52. The first-order valence-electron chi connectivity index (χ1n) is 9.76. The number of piperidine rings is 1. The van der Waals surface area contributed by atoms with Crippen LogP contribution in [0.3, 0.4) is 0 Å². The molecule has 1 aliphatic carbocycles. The first-order valence-corrected chi connectivity index (χ1v) is 9.76. The molecule has 0 atom stereocenters. The number of hydrogen-bond acceptors (Lipinski definition) is 4. The van der Waals surface area contributed by atoms with E-state index >= 15 is 0 Å². The van der Waals surface area contributed by atoms with Gasteiger partial charge in [0.05, 0.1) is 0 Å². The van der Waals surface area contributed by atoms with Gasteiger partial charge in [-0.3, -0.25) is 9.59 Å². The first kappa shape index (κ1) is 17.8. The SMILES string of the molecule is CC1CCN(C(=O)c2ccc(NC(=O)c3coc(C4CCC4)n3)cc2)CC1. The number of rotatable bonds is 4. The average Bonchev–Trinajstić information content (AvgIpc) is 3.10. The zero-order valence-electron chi connectivity index (χ0n) is 15.6. The van der Waals surface area contributed by atoms with E-state index in [1.807, 2.05) is 4.90 Å². The predicted molar refractivity (Wildman–Crippen MR) is 102 cm³/mol. The van der Waals surface area contributed by atoms with Gasteiger partial charge in [-0.1, -0.05) is 13.3 Å². The molecule has 0 spiro atoms. The fraction of sp³-hybridized carbons (Fsp3) is 0.476. The highest BCUT2D eigenvalue weighted by Crippen LogP contribution is 2.35. The van der Waals surface area contributed by atoms with Gasteiger partial charge in [-0.2, -0.15) is 0 Å². The molecule has 0 radical (unpaired) electrons.